The van der Waals surface area contributed by atoms with Gasteiger partial charge in [-0.05, 0) is 36.5 Å². The Morgan fingerprint density at radius 2 is 2.22 bits per heavy atom. The fourth-order valence-corrected chi connectivity index (χ4v) is 2.57. The largest absolute Gasteiger partial charge is 0.398 e. The molecule has 4 heteroatoms. The molecule has 0 saturated carbocycles. The maximum atomic E-state index is 12.4. The van der Waals surface area contributed by atoms with Crippen LogP contribution in [0.2, 0.25) is 5.02 Å². The third kappa shape index (κ3) is 2.61. The topological polar surface area (TPSA) is 46.3 Å². The molecule has 98 valence electrons. The first-order valence-electron chi connectivity index (χ1n) is 6.33. The first kappa shape index (κ1) is 13.2. The van der Waals surface area contributed by atoms with Crippen molar-refractivity contribution in [3.8, 4) is 0 Å². The fourth-order valence-electron chi connectivity index (χ4n) is 2.40. The molecule has 18 heavy (non-hydrogen) atoms. The predicted molar refractivity (Wildman–Crippen MR) is 74.7 cm³/mol. The number of likely N-dealkylation sites (tertiary alicyclic amines) is 1. The van der Waals surface area contributed by atoms with Crippen LogP contribution >= 0.6 is 11.6 Å². The molecule has 0 radical (unpaired) electrons. The Kier molecular flexibility index (Phi) is 3.81. The summed E-state index contributed by atoms with van der Waals surface area (Å²) in [7, 11) is 0. The third-order valence-electron chi connectivity index (χ3n) is 3.70. The van der Waals surface area contributed by atoms with Gasteiger partial charge in [0.1, 0.15) is 0 Å². The third-order valence-corrected chi connectivity index (χ3v) is 3.94. The van der Waals surface area contributed by atoms with E-state index >= 15 is 0 Å². The van der Waals surface area contributed by atoms with Crippen molar-refractivity contribution >= 4 is 23.2 Å². The molecule has 1 aliphatic heterocycles. The number of anilines is 1. The van der Waals surface area contributed by atoms with E-state index in [0.29, 0.717) is 28.1 Å². The van der Waals surface area contributed by atoms with Crippen LogP contribution in [0.3, 0.4) is 0 Å². The highest BCUT2D eigenvalue weighted by molar-refractivity contribution is 6.31. The SMILES string of the molecule is CC(C)C1CCN(C(=O)c2cc(Cl)ccc2N)C1. The summed E-state index contributed by atoms with van der Waals surface area (Å²) in [4.78, 5) is 14.3. The molecule has 1 saturated heterocycles. The molecular formula is C14H19ClN2O. The molecule has 2 rings (SSSR count). The summed E-state index contributed by atoms with van der Waals surface area (Å²) in [5.74, 6) is 1.20. The van der Waals surface area contributed by atoms with Gasteiger partial charge in [0.2, 0.25) is 0 Å². The van der Waals surface area contributed by atoms with Gasteiger partial charge in [0.25, 0.3) is 5.91 Å². The molecule has 1 aliphatic rings. The molecule has 1 fully saturated rings. The standard InChI is InChI=1S/C14H19ClN2O/c1-9(2)10-5-6-17(8-10)14(18)12-7-11(15)3-4-13(12)16/h3-4,7,9-10H,5-6,8,16H2,1-2H3. The first-order valence-corrected chi connectivity index (χ1v) is 6.71. The Morgan fingerprint density at radius 1 is 1.50 bits per heavy atom. The molecule has 2 N–H and O–H groups in total. The molecule has 0 bridgehead atoms. The number of carbonyl (C=O) groups is 1. The van der Waals surface area contributed by atoms with Gasteiger partial charge in [-0.3, -0.25) is 4.79 Å². The molecule has 1 heterocycles. The highest BCUT2D eigenvalue weighted by atomic mass is 35.5. The minimum Gasteiger partial charge on any atom is -0.398 e. The molecule has 0 aliphatic carbocycles. The van der Waals surface area contributed by atoms with Crippen molar-refractivity contribution in [2.24, 2.45) is 11.8 Å². The highest BCUT2D eigenvalue weighted by Gasteiger charge is 2.29. The van der Waals surface area contributed by atoms with E-state index in [4.69, 9.17) is 17.3 Å². The normalized spacial score (nSPS) is 19.6. The molecule has 0 spiro atoms. The van der Waals surface area contributed by atoms with Crippen LogP contribution in [0.15, 0.2) is 18.2 Å². The summed E-state index contributed by atoms with van der Waals surface area (Å²) >= 11 is 5.92. The second-order valence-corrected chi connectivity index (χ2v) is 5.71. The van der Waals surface area contributed by atoms with E-state index in [1.54, 1.807) is 18.2 Å². The van der Waals surface area contributed by atoms with E-state index in [2.05, 4.69) is 13.8 Å². The number of benzene rings is 1. The van der Waals surface area contributed by atoms with E-state index in [1.807, 2.05) is 4.90 Å². The maximum Gasteiger partial charge on any atom is 0.256 e. The van der Waals surface area contributed by atoms with E-state index < -0.39 is 0 Å². The predicted octanol–water partition coefficient (Wildman–Crippen LogP) is 3.04. The lowest BCUT2D eigenvalue weighted by atomic mass is 9.95. The van der Waals surface area contributed by atoms with Crippen LogP contribution < -0.4 is 5.73 Å². The number of carbonyl (C=O) groups excluding carboxylic acids is 1. The Balaban J connectivity index is 2.15. The lowest BCUT2D eigenvalue weighted by Gasteiger charge is -2.19. The second-order valence-electron chi connectivity index (χ2n) is 5.28. The van der Waals surface area contributed by atoms with Crippen molar-refractivity contribution < 1.29 is 4.79 Å². The van der Waals surface area contributed by atoms with Crippen molar-refractivity contribution in [2.45, 2.75) is 20.3 Å². The lowest BCUT2D eigenvalue weighted by molar-refractivity contribution is 0.0785. The van der Waals surface area contributed by atoms with E-state index in [-0.39, 0.29) is 5.91 Å². The number of nitrogens with zero attached hydrogens (tertiary/aromatic N) is 1. The zero-order valence-electron chi connectivity index (χ0n) is 10.8. The Bertz CT molecular complexity index is 459. The van der Waals surface area contributed by atoms with Crippen LogP contribution in [0.25, 0.3) is 0 Å². The van der Waals surface area contributed by atoms with Crippen LogP contribution in [0, 0.1) is 11.8 Å². The highest BCUT2D eigenvalue weighted by Crippen LogP contribution is 2.27. The van der Waals surface area contributed by atoms with Gasteiger partial charge in [-0.2, -0.15) is 0 Å². The number of hydrogen-bond acceptors (Lipinski definition) is 2. The Labute approximate surface area is 113 Å². The average Bonchev–Trinajstić information content (AvgIpc) is 2.81. The minimum absolute atomic E-state index is 0.00171. The zero-order chi connectivity index (χ0) is 13.3. The summed E-state index contributed by atoms with van der Waals surface area (Å²) in [6, 6.07) is 5.04. The van der Waals surface area contributed by atoms with Crippen molar-refractivity contribution in [1.82, 2.24) is 4.90 Å². The number of nitrogen functional groups attached to an aromatic ring is 1. The van der Waals surface area contributed by atoms with Crippen LogP contribution in [0.4, 0.5) is 5.69 Å². The van der Waals surface area contributed by atoms with Crippen molar-refractivity contribution in [1.29, 1.82) is 0 Å². The molecule has 1 aromatic carbocycles. The van der Waals surface area contributed by atoms with Gasteiger partial charge in [0.05, 0.1) is 5.56 Å². The number of hydrogen-bond donors (Lipinski definition) is 1. The van der Waals surface area contributed by atoms with Crippen LogP contribution in [-0.2, 0) is 0 Å². The van der Waals surface area contributed by atoms with Gasteiger partial charge in [0, 0.05) is 23.8 Å². The summed E-state index contributed by atoms with van der Waals surface area (Å²) in [6.45, 7) is 6.04. The minimum atomic E-state index is -0.00171. The molecule has 3 nitrogen and oxygen atoms in total. The molecular weight excluding hydrogens is 248 g/mol. The van der Waals surface area contributed by atoms with Crippen LogP contribution in [-0.4, -0.2) is 23.9 Å². The Morgan fingerprint density at radius 3 is 2.83 bits per heavy atom. The van der Waals surface area contributed by atoms with E-state index in [9.17, 15) is 4.79 Å². The summed E-state index contributed by atoms with van der Waals surface area (Å²) in [5.41, 5.74) is 6.86. The molecule has 1 amide bonds. The number of amides is 1. The van der Waals surface area contributed by atoms with Crippen molar-refractivity contribution in [3.63, 3.8) is 0 Å². The number of halogens is 1. The van der Waals surface area contributed by atoms with Crippen LogP contribution in [0.5, 0.6) is 0 Å². The molecule has 1 atom stereocenters. The van der Waals surface area contributed by atoms with Gasteiger partial charge in [0.15, 0.2) is 0 Å². The number of rotatable bonds is 2. The maximum absolute atomic E-state index is 12.4. The summed E-state index contributed by atoms with van der Waals surface area (Å²) < 4.78 is 0. The first-order chi connectivity index (χ1) is 8.49. The van der Waals surface area contributed by atoms with Gasteiger partial charge in [-0.25, -0.2) is 0 Å². The smallest absolute Gasteiger partial charge is 0.256 e. The molecule has 1 unspecified atom stereocenters. The lowest BCUT2D eigenvalue weighted by Crippen LogP contribution is -2.30. The molecule has 1 aromatic rings. The monoisotopic (exact) mass is 266 g/mol. The van der Waals surface area contributed by atoms with Gasteiger partial charge in [-0.15, -0.1) is 0 Å². The van der Waals surface area contributed by atoms with E-state index in [0.717, 1.165) is 19.5 Å². The van der Waals surface area contributed by atoms with Crippen molar-refractivity contribution in [3.05, 3.63) is 28.8 Å². The molecule has 0 aromatic heterocycles. The fraction of sp³-hybridized carbons (Fsp3) is 0.500. The van der Waals surface area contributed by atoms with Gasteiger partial charge >= 0.3 is 0 Å². The summed E-state index contributed by atoms with van der Waals surface area (Å²) in [5, 5.41) is 0.548. The van der Waals surface area contributed by atoms with Gasteiger partial charge < -0.3 is 10.6 Å². The zero-order valence-corrected chi connectivity index (χ0v) is 11.6. The summed E-state index contributed by atoms with van der Waals surface area (Å²) in [6.07, 6.45) is 1.07. The quantitative estimate of drug-likeness (QED) is 0.837. The van der Waals surface area contributed by atoms with Gasteiger partial charge in [-0.1, -0.05) is 25.4 Å². The van der Waals surface area contributed by atoms with Crippen LogP contribution in [0.1, 0.15) is 30.6 Å². The number of nitrogens with two attached hydrogens (primary N) is 1. The average molecular weight is 267 g/mol. The van der Waals surface area contributed by atoms with Crippen molar-refractivity contribution in [2.75, 3.05) is 18.8 Å². The van der Waals surface area contributed by atoms with E-state index in [1.165, 1.54) is 0 Å². The second kappa shape index (κ2) is 5.19. The Hall–Kier alpha value is -1.22.